The molecule has 0 saturated carbocycles. The topological polar surface area (TPSA) is 30.9 Å². The van der Waals surface area contributed by atoms with Gasteiger partial charge in [0, 0.05) is 13.1 Å². The zero-order chi connectivity index (χ0) is 18.4. The summed E-state index contributed by atoms with van der Waals surface area (Å²) in [7, 11) is 2.12. The molecule has 0 aliphatic carbocycles. The molecule has 0 N–H and O–H groups in total. The molecule has 1 saturated heterocycles. The first-order valence-electron chi connectivity index (χ1n) is 9.12. The number of morpholine rings is 1. The molecule has 0 bridgehead atoms. The SMILES string of the molecule is CCCOc1c(I)cccc1OC(c1ccccc1)C1CN(C)CCO1. The number of nitrogens with zero attached hydrogens (tertiary/aromatic N) is 1. The summed E-state index contributed by atoms with van der Waals surface area (Å²) in [5.41, 5.74) is 1.12. The lowest BCUT2D eigenvalue weighted by Crippen LogP contribution is -2.44. The lowest BCUT2D eigenvalue weighted by atomic mass is 10.0. The van der Waals surface area contributed by atoms with Crippen LogP contribution in [0.2, 0.25) is 0 Å². The molecular formula is C21H26INO3. The van der Waals surface area contributed by atoms with Crippen molar-refractivity contribution < 1.29 is 14.2 Å². The van der Waals surface area contributed by atoms with E-state index in [1.165, 1.54) is 0 Å². The van der Waals surface area contributed by atoms with Gasteiger partial charge < -0.3 is 19.1 Å². The molecule has 1 fully saturated rings. The molecule has 2 atom stereocenters. The molecule has 1 heterocycles. The van der Waals surface area contributed by atoms with Crippen LogP contribution in [-0.4, -0.2) is 44.4 Å². The standard InChI is InChI=1S/C21H26INO3/c1-3-13-25-21-17(22)10-7-11-18(21)26-20(16-8-5-4-6-9-16)19-15-23(2)12-14-24-19/h4-11,19-20H,3,12-15H2,1-2H3. The number of para-hydroxylation sites is 1. The summed E-state index contributed by atoms with van der Waals surface area (Å²) in [5.74, 6) is 1.59. The molecule has 0 aromatic heterocycles. The number of likely N-dealkylation sites (N-methyl/N-ethyl adjacent to an activating group) is 1. The number of halogens is 1. The van der Waals surface area contributed by atoms with E-state index in [1.54, 1.807) is 0 Å². The Kier molecular flexibility index (Phi) is 7.16. The first-order valence-corrected chi connectivity index (χ1v) is 10.2. The second kappa shape index (κ2) is 9.58. The summed E-state index contributed by atoms with van der Waals surface area (Å²) in [6.45, 7) is 5.30. The van der Waals surface area contributed by atoms with Crippen molar-refractivity contribution in [3.8, 4) is 11.5 Å². The predicted molar refractivity (Wildman–Crippen MR) is 112 cm³/mol. The van der Waals surface area contributed by atoms with Gasteiger partial charge in [0.15, 0.2) is 17.6 Å². The number of ether oxygens (including phenoxy) is 3. The van der Waals surface area contributed by atoms with Gasteiger partial charge in [0.05, 0.1) is 16.8 Å². The maximum atomic E-state index is 6.52. The van der Waals surface area contributed by atoms with Crippen LogP contribution in [0.1, 0.15) is 25.0 Å². The van der Waals surface area contributed by atoms with Crippen molar-refractivity contribution in [1.29, 1.82) is 0 Å². The van der Waals surface area contributed by atoms with E-state index in [1.807, 2.05) is 36.4 Å². The van der Waals surface area contributed by atoms with E-state index in [2.05, 4.69) is 53.6 Å². The van der Waals surface area contributed by atoms with Crippen molar-refractivity contribution in [3.63, 3.8) is 0 Å². The molecule has 4 nitrogen and oxygen atoms in total. The van der Waals surface area contributed by atoms with Gasteiger partial charge >= 0.3 is 0 Å². The van der Waals surface area contributed by atoms with Gasteiger partial charge in [-0.05, 0) is 53.8 Å². The van der Waals surface area contributed by atoms with E-state index in [9.17, 15) is 0 Å². The molecule has 0 amide bonds. The molecule has 2 aromatic rings. The van der Waals surface area contributed by atoms with Crippen LogP contribution in [0.4, 0.5) is 0 Å². The minimum Gasteiger partial charge on any atom is -0.489 e. The number of rotatable bonds is 7. The van der Waals surface area contributed by atoms with Gasteiger partial charge in [0.25, 0.3) is 0 Å². The van der Waals surface area contributed by atoms with Gasteiger partial charge in [0.1, 0.15) is 6.10 Å². The zero-order valence-corrected chi connectivity index (χ0v) is 17.5. The molecule has 0 spiro atoms. The highest BCUT2D eigenvalue weighted by molar-refractivity contribution is 14.1. The smallest absolute Gasteiger partial charge is 0.174 e. The Hall–Kier alpha value is -1.31. The Labute approximate surface area is 169 Å². The number of benzene rings is 2. The third kappa shape index (κ3) is 4.90. The molecular weight excluding hydrogens is 441 g/mol. The Balaban J connectivity index is 1.90. The van der Waals surface area contributed by atoms with Gasteiger partial charge in [-0.25, -0.2) is 0 Å². The third-order valence-electron chi connectivity index (χ3n) is 4.40. The molecule has 1 aliphatic heterocycles. The second-order valence-electron chi connectivity index (χ2n) is 6.54. The van der Waals surface area contributed by atoms with E-state index in [-0.39, 0.29) is 12.2 Å². The van der Waals surface area contributed by atoms with Crippen LogP contribution in [0.15, 0.2) is 48.5 Å². The lowest BCUT2D eigenvalue weighted by Gasteiger charge is -2.35. The summed E-state index contributed by atoms with van der Waals surface area (Å²) in [4.78, 5) is 2.29. The van der Waals surface area contributed by atoms with Gasteiger partial charge in [-0.15, -0.1) is 0 Å². The summed E-state index contributed by atoms with van der Waals surface area (Å²) in [6, 6.07) is 16.3. The van der Waals surface area contributed by atoms with Crippen LogP contribution >= 0.6 is 22.6 Å². The average molecular weight is 467 g/mol. The van der Waals surface area contributed by atoms with Gasteiger partial charge in [-0.1, -0.05) is 43.3 Å². The van der Waals surface area contributed by atoms with Gasteiger partial charge in [0.2, 0.25) is 0 Å². The maximum absolute atomic E-state index is 6.52. The second-order valence-corrected chi connectivity index (χ2v) is 7.70. The van der Waals surface area contributed by atoms with Crippen molar-refractivity contribution in [1.82, 2.24) is 4.90 Å². The van der Waals surface area contributed by atoms with Crippen LogP contribution in [-0.2, 0) is 4.74 Å². The van der Waals surface area contributed by atoms with Crippen LogP contribution < -0.4 is 9.47 Å². The largest absolute Gasteiger partial charge is 0.489 e. The van der Waals surface area contributed by atoms with E-state index in [0.717, 1.165) is 46.7 Å². The molecule has 3 rings (SSSR count). The number of hydrogen-bond acceptors (Lipinski definition) is 4. The third-order valence-corrected chi connectivity index (χ3v) is 5.25. The van der Waals surface area contributed by atoms with Crippen molar-refractivity contribution in [2.24, 2.45) is 0 Å². The highest BCUT2D eigenvalue weighted by atomic mass is 127. The Morgan fingerprint density at radius 2 is 2.00 bits per heavy atom. The molecule has 140 valence electrons. The van der Waals surface area contributed by atoms with Gasteiger partial charge in [-0.3, -0.25) is 0 Å². The van der Waals surface area contributed by atoms with Gasteiger partial charge in [-0.2, -0.15) is 0 Å². The minimum atomic E-state index is -0.180. The van der Waals surface area contributed by atoms with Crippen molar-refractivity contribution in [2.45, 2.75) is 25.6 Å². The first kappa shape index (κ1) is 19.5. The quantitative estimate of drug-likeness (QED) is 0.560. The monoisotopic (exact) mass is 467 g/mol. The Morgan fingerprint density at radius 1 is 1.19 bits per heavy atom. The average Bonchev–Trinajstić information content (AvgIpc) is 2.66. The fraction of sp³-hybridized carbons (Fsp3) is 0.429. The lowest BCUT2D eigenvalue weighted by molar-refractivity contribution is -0.0764. The van der Waals surface area contributed by atoms with E-state index in [4.69, 9.17) is 14.2 Å². The Bertz CT molecular complexity index is 695. The van der Waals surface area contributed by atoms with Crippen molar-refractivity contribution in [2.75, 3.05) is 33.4 Å². The molecule has 2 unspecified atom stereocenters. The molecule has 2 aromatic carbocycles. The van der Waals surface area contributed by atoms with Crippen LogP contribution in [0.3, 0.4) is 0 Å². The normalized spacial score (nSPS) is 19.1. The van der Waals surface area contributed by atoms with Crippen molar-refractivity contribution in [3.05, 3.63) is 57.7 Å². The van der Waals surface area contributed by atoms with Crippen LogP contribution in [0.25, 0.3) is 0 Å². The first-order chi connectivity index (χ1) is 12.7. The van der Waals surface area contributed by atoms with Crippen molar-refractivity contribution >= 4 is 22.6 Å². The molecule has 26 heavy (non-hydrogen) atoms. The fourth-order valence-corrected chi connectivity index (χ4v) is 3.69. The molecule has 0 radical (unpaired) electrons. The number of hydrogen-bond donors (Lipinski definition) is 0. The maximum Gasteiger partial charge on any atom is 0.174 e. The highest BCUT2D eigenvalue weighted by Crippen LogP contribution is 2.37. The van der Waals surface area contributed by atoms with Crippen LogP contribution in [0, 0.1) is 3.57 Å². The van der Waals surface area contributed by atoms with E-state index >= 15 is 0 Å². The highest BCUT2D eigenvalue weighted by Gasteiger charge is 2.30. The summed E-state index contributed by atoms with van der Waals surface area (Å²) in [6.07, 6.45) is 0.762. The zero-order valence-electron chi connectivity index (χ0n) is 15.4. The molecule has 1 aliphatic rings. The summed E-state index contributed by atoms with van der Waals surface area (Å²) in [5, 5.41) is 0. The summed E-state index contributed by atoms with van der Waals surface area (Å²) >= 11 is 2.30. The minimum absolute atomic E-state index is 0.0203. The van der Waals surface area contributed by atoms with E-state index in [0.29, 0.717) is 6.61 Å². The Morgan fingerprint density at radius 3 is 2.73 bits per heavy atom. The van der Waals surface area contributed by atoms with Crippen LogP contribution in [0.5, 0.6) is 11.5 Å². The predicted octanol–water partition coefficient (Wildman–Crippen LogP) is 4.53. The fourth-order valence-electron chi connectivity index (χ4n) is 3.06. The van der Waals surface area contributed by atoms with E-state index < -0.39 is 0 Å². The summed E-state index contributed by atoms with van der Waals surface area (Å²) < 4.78 is 19.6. The molecule has 5 heteroatoms.